The van der Waals surface area contributed by atoms with Gasteiger partial charge < -0.3 is 0 Å². The van der Waals surface area contributed by atoms with Crippen molar-refractivity contribution in [2.45, 2.75) is 32.4 Å². The molecule has 1 aliphatic rings. The van der Waals surface area contributed by atoms with Crippen LogP contribution < -0.4 is 0 Å². The van der Waals surface area contributed by atoms with Crippen molar-refractivity contribution in [3.05, 3.63) is 47.1 Å². The number of hydrogen-bond acceptors (Lipinski definition) is 4. The van der Waals surface area contributed by atoms with Crippen LogP contribution in [-0.4, -0.2) is 37.4 Å². The van der Waals surface area contributed by atoms with E-state index in [4.69, 9.17) is 0 Å². The zero-order valence-electron chi connectivity index (χ0n) is 13.7. The molecule has 1 fully saturated rings. The summed E-state index contributed by atoms with van der Waals surface area (Å²) < 4.78 is 36.6. The fourth-order valence-corrected chi connectivity index (χ4v) is 5.97. The van der Waals surface area contributed by atoms with Crippen LogP contribution in [-0.2, 0) is 16.4 Å². The van der Waals surface area contributed by atoms with Crippen LogP contribution in [0.1, 0.15) is 24.6 Å². The molecule has 1 atom stereocenters. The van der Waals surface area contributed by atoms with Gasteiger partial charge in [-0.3, -0.25) is 4.90 Å². The quantitative estimate of drug-likeness (QED) is 0.776. The van der Waals surface area contributed by atoms with Gasteiger partial charge in [0.1, 0.15) is 5.82 Å². The molecule has 1 aliphatic heterocycles. The maximum Gasteiger partial charge on any atom is 0.151 e. The molecule has 0 aliphatic carbocycles. The van der Waals surface area contributed by atoms with E-state index in [-0.39, 0.29) is 17.6 Å². The highest BCUT2D eigenvalue weighted by atomic mass is 32.2. The first-order valence-corrected chi connectivity index (χ1v) is 10.9. The van der Waals surface area contributed by atoms with Crippen molar-refractivity contribution in [3.8, 4) is 10.4 Å². The smallest absolute Gasteiger partial charge is 0.151 e. The van der Waals surface area contributed by atoms with E-state index >= 15 is 0 Å². The van der Waals surface area contributed by atoms with E-state index in [9.17, 15) is 12.8 Å². The van der Waals surface area contributed by atoms with Crippen LogP contribution in [0.2, 0.25) is 0 Å². The van der Waals surface area contributed by atoms with Crippen LogP contribution >= 0.6 is 11.3 Å². The molecule has 3 nitrogen and oxygen atoms in total. The molecule has 130 valence electrons. The van der Waals surface area contributed by atoms with Gasteiger partial charge in [-0.25, -0.2) is 12.8 Å². The Balaban J connectivity index is 1.72. The van der Waals surface area contributed by atoms with E-state index in [1.54, 1.807) is 23.5 Å². The number of halogens is 1. The summed E-state index contributed by atoms with van der Waals surface area (Å²) in [6.07, 6.45) is 1.74. The lowest BCUT2D eigenvalue weighted by atomic mass is 10.2. The van der Waals surface area contributed by atoms with Gasteiger partial charge in [-0.15, -0.1) is 11.3 Å². The zero-order valence-corrected chi connectivity index (χ0v) is 15.4. The molecule has 0 unspecified atom stereocenters. The summed E-state index contributed by atoms with van der Waals surface area (Å²) in [6.45, 7) is 3.80. The predicted octanol–water partition coefficient (Wildman–Crippen LogP) is 3.95. The first-order valence-electron chi connectivity index (χ1n) is 8.26. The van der Waals surface area contributed by atoms with Crippen LogP contribution in [0.4, 0.5) is 4.39 Å². The summed E-state index contributed by atoms with van der Waals surface area (Å²) in [5.74, 6) is 0.360. The van der Waals surface area contributed by atoms with Crippen molar-refractivity contribution in [1.29, 1.82) is 0 Å². The average molecular weight is 368 g/mol. The number of nitrogens with zero attached hydrogens (tertiary/aromatic N) is 1. The van der Waals surface area contributed by atoms with Crippen molar-refractivity contribution in [2.24, 2.45) is 0 Å². The number of sulfone groups is 1. The van der Waals surface area contributed by atoms with Gasteiger partial charge in [0.2, 0.25) is 0 Å². The van der Waals surface area contributed by atoms with E-state index in [0.29, 0.717) is 5.75 Å². The Morgan fingerprint density at radius 1 is 1.21 bits per heavy atom. The third-order valence-electron chi connectivity index (χ3n) is 4.38. The van der Waals surface area contributed by atoms with E-state index in [2.05, 4.69) is 24.0 Å². The van der Waals surface area contributed by atoms with Gasteiger partial charge in [-0.1, -0.05) is 19.1 Å². The SMILES string of the molecule is CCCN(Cc1ccc(-c2ccc(F)cc2)s1)[C@H]1CCS(=O)(=O)C1. The van der Waals surface area contributed by atoms with Crippen molar-refractivity contribution < 1.29 is 12.8 Å². The lowest BCUT2D eigenvalue weighted by molar-refractivity contribution is 0.205. The van der Waals surface area contributed by atoms with Crippen molar-refractivity contribution >= 4 is 21.2 Å². The molecule has 0 saturated carbocycles. The zero-order chi connectivity index (χ0) is 17.2. The third kappa shape index (κ3) is 4.23. The van der Waals surface area contributed by atoms with Crippen LogP contribution in [0.5, 0.6) is 0 Å². The summed E-state index contributed by atoms with van der Waals surface area (Å²) in [4.78, 5) is 4.62. The molecule has 1 aromatic carbocycles. The maximum absolute atomic E-state index is 13.0. The Hall–Kier alpha value is -1.24. The van der Waals surface area contributed by atoms with E-state index < -0.39 is 9.84 Å². The van der Waals surface area contributed by atoms with Gasteiger partial charge in [0.15, 0.2) is 9.84 Å². The number of benzene rings is 1. The van der Waals surface area contributed by atoms with Gasteiger partial charge in [0.25, 0.3) is 0 Å². The highest BCUT2D eigenvalue weighted by molar-refractivity contribution is 7.91. The predicted molar refractivity (Wildman–Crippen MR) is 97.5 cm³/mol. The molecule has 0 amide bonds. The second-order valence-electron chi connectivity index (χ2n) is 6.30. The van der Waals surface area contributed by atoms with Crippen LogP contribution in [0, 0.1) is 5.82 Å². The molecule has 2 heterocycles. The minimum Gasteiger partial charge on any atom is -0.294 e. The standard InChI is InChI=1S/C18H22FNO2S2/c1-2-10-20(16-9-11-24(21,22)13-16)12-17-7-8-18(23-17)14-3-5-15(19)6-4-14/h3-8,16H,2,9-13H2,1H3/t16-/m0/s1. The maximum atomic E-state index is 13.0. The fraction of sp³-hybridized carbons (Fsp3) is 0.444. The highest BCUT2D eigenvalue weighted by Gasteiger charge is 2.32. The first kappa shape index (κ1) is 17.6. The summed E-state index contributed by atoms with van der Waals surface area (Å²) in [7, 11) is -2.87. The van der Waals surface area contributed by atoms with E-state index in [1.807, 2.05) is 0 Å². The summed E-state index contributed by atoms with van der Waals surface area (Å²) in [5, 5.41) is 0. The molecule has 0 radical (unpaired) electrons. The largest absolute Gasteiger partial charge is 0.294 e. The van der Waals surface area contributed by atoms with Crippen molar-refractivity contribution in [2.75, 3.05) is 18.1 Å². The molecule has 2 aromatic rings. The Labute approximate surface area is 147 Å². The lowest BCUT2D eigenvalue weighted by Gasteiger charge is -2.27. The molecule has 0 N–H and O–H groups in total. The second-order valence-corrected chi connectivity index (χ2v) is 9.70. The molecule has 24 heavy (non-hydrogen) atoms. The van der Waals surface area contributed by atoms with Crippen LogP contribution in [0.25, 0.3) is 10.4 Å². The van der Waals surface area contributed by atoms with Crippen LogP contribution in [0.15, 0.2) is 36.4 Å². The molecule has 1 aromatic heterocycles. The third-order valence-corrected chi connectivity index (χ3v) is 7.25. The Kier molecular flexibility index (Phi) is 5.37. The van der Waals surface area contributed by atoms with E-state index in [0.717, 1.165) is 36.4 Å². The van der Waals surface area contributed by atoms with Gasteiger partial charge in [0, 0.05) is 22.3 Å². The minimum atomic E-state index is -2.87. The minimum absolute atomic E-state index is 0.131. The Morgan fingerprint density at radius 2 is 1.96 bits per heavy atom. The Morgan fingerprint density at radius 3 is 2.58 bits per heavy atom. The number of thiophene rings is 1. The Bertz CT molecular complexity index is 784. The first-order chi connectivity index (χ1) is 11.5. The summed E-state index contributed by atoms with van der Waals surface area (Å²) in [6, 6.07) is 10.8. The molecule has 0 spiro atoms. The molecular formula is C18H22FNO2S2. The van der Waals surface area contributed by atoms with Gasteiger partial charge >= 0.3 is 0 Å². The lowest BCUT2D eigenvalue weighted by Crippen LogP contribution is -2.36. The fourth-order valence-electron chi connectivity index (χ4n) is 3.17. The van der Waals surface area contributed by atoms with E-state index in [1.165, 1.54) is 17.0 Å². The van der Waals surface area contributed by atoms with Crippen molar-refractivity contribution in [1.82, 2.24) is 4.90 Å². The summed E-state index contributed by atoms with van der Waals surface area (Å²) in [5.41, 5.74) is 1.01. The van der Waals surface area contributed by atoms with Gasteiger partial charge in [-0.05, 0) is 49.2 Å². The monoisotopic (exact) mass is 367 g/mol. The molecule has 1 saturated heterocycles. The summed E-state index contributed by atoms with van der Waals surface area (Å²) >= 11 is 1.69. The van der Waals surface area contributed by atoms with Gasteiger partial charge in [0.05, 0.1) is 11.5 Å². The second kappa shape index (κ2) is 7.33. The normalized spacial score (nSPS) is 19.9. The van der Waals surface area contributed by atoms with Gasteiger partial charge in [-0.2, -0.15) is 0 Å². The molecule has 3 rings (SSSR count). The van der Waals surface area contributed by atoms with Crippen LogP contribution in [0.3, 0.4) is 0 Å². The molecule has 6 heteroatoms. The van der Waals surface area contributed by atoms with Crippen molar-refractivity contribution in [3.63, 3.8) is 0 Å². The molecule has 0 bridgehead atoms. The highest BCUT2D eigenvalue weighted by Crippen LogP contribution is 2.30. The topological polar surface area (TPSA) is 37.4 Å². The number of hydrogen-bond donors (Lipinski definition) is 0. The molecular weight excluding hydrogens is 345 g/mol. The average Bonchev–Trinajstić information content (AvgIpc) is 3.14. The number of rotatable bonds is 6.